The van der Waals surface area contributed by atoms with Crippen molar-refractivity contribution in [2.75, 3.05) is 18.8 Å². The number of amides is 2. The summed E-state index contributed by atoms with van der Waals surface area (Å²) in [4.78, 5) is 28.4. The second-order valence-corrected chi connectivity index (χ2v) is 9.42. The van der Waals surface area contributed by atoms with Gasteiger partial charge in [0.15, 0.2) is 0 Å². The summed E-state index contributed by atoms with van der Waals surface area (Å²) >= 11 is 1.59. The minimum Gasteiger partial charge on any atom is -0.350 e. The van der Waals surface area contributed by atoms with Crippen LogP contribution in [-0.4, -0.2) is 46.2 Å². The molecule has 1 saturated heterocycles. The Bertz CT molecular complexity index is 1110. The molecule has 1 aliphatic heterocycles. The van der Waals surface area contributed by atoms with Crippen LogP contribution in [0.5, 0.6) is 0 Å². The first-order valence-corrected chi connectivity index (χ1v) is 12.6. The highest BCUT2D eigenvalue weighted by molar-refractivity contribution is 8.00. The van der Waals surface area contributed by atoms with E-state index in [1.54, 1.807) is 11.8 Å². The first kappa shape index (κ1) is 23.4. The molecular weight excluding hydrogens is 437 g/mol. The number of rotatable bonds is 8. The molecule has 0 bridgehead atoms. The highest BCUT2D eigenvalue weighted by Crippen LogP contribution is 2.31. The van der Waals surface area contributed by atoms with E-state index in [4.69, 9.17) is 0 Å². The van der Waals surface area contributed by atoms with Gasteiger partial charge in [-0.3, -0.25) is 9.59 Å². The van der Waals surface area contributed by atoms with Gasteiger partial charge >= 0.3 is 0 Å². The van der Waals surface area contributed by atoms with Gasteiger partial charge in [0, 0.05) is 53.2 Å². The van der Waals surface area contributed by atoms with Gasteiger partial charge in [0.25, 0.3) is 5.91 Å². The highest BCUT2D eigenvalue weighted by Gasteiger charge is 2.25. The van der Waals surface area contributed by atoms with Crippen LogP contribution < -0.4 is 5.32 Å². The van der Waals surface area contributed by atoms with Gasteiger partial charge in [-0.15, -0.1) is 11.8 Å². The van der Waals surface area contributed by atoms with Crippen molar-refractivity contribution in [3.8, 4) is 0 Å². The molecule has 0 radical (unpaired) electrons. The lowest BCUT2D eigenvalue weighted by Gasteiger charge is -2.35. The van der Waals surface area contributed by atoms with Crippen LogP contribution in [0.25, 0.3) is 10.9 Å². The normalized spacial score (nSPS) is 16.2. The second-order valence-electron chi connectivity index (χ2n) is 8.40. The molecule has 33 heavy (non-hydrogen) atoms. The summed E-state index contributed by atoms with van der Waals surface area (Å²) in [5, 5.41) is 4.01. The second kappa shape index (κ2) is 10.9. The van der Waals surface area contributed by atoms with Crippen molar-refractivity contribution < 1.29 is 14.0 Å². The van der Waals surface area contributed by atoms with Gasteiger partial charge in [0.05, 0.1) is 5.75 Å². The number of nitrogens with zero attached hydrogens (tertiary/aromatic N) is 2. The summed E-state index contributed by atoms with van der Waals surface area (Å²) in [6.45, 7) is 4.08. The molecule has 0 spiro atoms. The molecule has 7 heteroatoms. The smallest absolute Gasteiger partial charge is 0.251 e. The lowest BCUT2D eigenvalue weighted by molar-refractivity contribution is -0.132. The monoisotopic (exact) mass is 467 g/mol. The fourth-order valence-electron chi connectivity index (χ4n) is 4.48. The van der Waals surface area contributed by atoms with Crippen molar-refractivity contribution in [1.29, 1.82) is 0 Å². The molecule has 1 fully saturated rings. The number of carbonyl (C=O) groups is 2. The number of carbonyl (C=O) groups excluding carboxylic acids is 2. The molecule has 4 rings (SSSR count). The predicted molar refractivity (Wildman–Crippen MR) is 131 cm³/mol. The number of hydrogen-bond donors (Lipinski definition) is 1. The maximum atomic E-state index is 13.1. The zero-order chi connectivity index (χ0) is 23.2. The minimum absolute atomic E-state index is 0.218. The maximum Gasteiger partial charge on any atom is 0.251 e. The Morgan fingerprint density at radius 3 is 2.70 bits per heavy atom. The molecule has 0 aliphatic carbocycles. The van der Waals surface area contributed by atoms with Gasteiger partial charge in [-0.05, 0) is 56.0 Å². The Hall–Kier alpha value is -2.80. The number of aromatic nitrogens is 1. The van der Waals surface area contributed by atoms with E-state index in [1.807, 2.05) is 12.1 Å². The molecule has 1 aliphatic rings. The van der Waals surface area contributed by atoms with Crippen LogP contribution in [0, 0.1) is 5.82 Å². The largest absolute Gasteiger partial charge is 0.350 e. The summed E-state index contributed by atoms with van der Waals surface area (Å²) in [6, 6.07) is 14.0. The van der Waals surface area contributed by atoms with E-state index in [1.165, 1.54) is 30.7 Å². The Balaban J connectivity index is 1.39. The van der Waals surface area contributed by atoms with E-state index >= 15 is 0 Å². The van der Waals surface area contributed by atoms with Gasteiger partial charge in [0.1, 0.15) is 5.82 Å². The summed E-state index contributed by atoms with van der Waals surface area (Å²) in [6.07, 6.45) is 6.49. The van der Waals surface area contributed by atoms with E-state index in [0.717, 1.165) is 41.6 Å². The summed E-state index contributed by atoms with van der Waals surface area (Å²) in [5.41, 5.74) is 1.51. The Morgan fingerprint density at radius 2 is 1.91 bits per heavy atom. The molecule has 1 N–H and O–H groups in total. The number of nitrogens with one attached hydrogen (secondary N) is 1. The number of piperidine rings is 1. The third kappa shape index (κ3) is 5.58. The summed E-state index contributed by atoms with van der Waals surface area (Å²) in [7, 11) is 0. The minimum atomic E-state index is -0.362. The number of benzene rings is 2. The number of halogens is 1. The van der Waals surface area contributed by atoms with Crippen LogP contribution >= 0.6 is 11.8 Å². The van der Waals surface area contributed by atoms with E-state index in [2.05, 4.69) is 40.0 Å². The zero-order valence-corrected chi connectivity index (χ0v) is 19.7. The zero-order valence-electron chi connectivity index (χ0n) is 18.9. The van der Waals surface area contributed by atoms with Crippen molar-refractivity contribution in [3.05, 3.63) is 66.1 Å². The van der Waals surface area contributed by atoms with Crippen LogP contribution in [0.3, 0.4) is 0 Å². The van der Waals surface area contributed by atoms with Gasteiger partial charge in [-0.25, -0.2) is 4.39 Å². The Kier molecular flexibility index (Phi) is 7.70. The fourth-order valence-corrected chi connectivity index (χ4v) is 5.46. The number of hydrogen-bond acceptors (Lipinski definition) is 3. The average molecular weight is 468 g/mol. The first-order chi connectivity index (χ1) is 16.1. The third-order valence-corrected chi connectivity index (χ3v) is 7.29. The number of thioether (sulfide) groups is 1. The molecule has 1 aromatic heterocycles. The van der Waals surface area contributed by atoms with Gasteiger partial charge < -0.3 is 14.8 Å². The fraction of sp³-hybridized carbons (Fsp3) is 0.385. The highest BCUT2D eigenvalue weighted by atomic mass is 32.2. The van der Waals surface area contributed by atoms with Crippen molar-refractivity contribution in [2.45, 2.75) is 50.1 Å². The molecule has 2 aromatic carbocycles. The molecule has 5 nitrogen and oxygen atoms in total. The van der Waals surface area contributed by atoms with Crippen molar-refractivity contribution in [2.24, 2.45) is 0 Å². The SMILES string of the molecule is CCC1CCCCN1C(=O)CSc1cn(CCNC(=O)c2ccc(F)cc2)c2ccccc12. The third-order valence-electron chi connectivity index (χ3n) is 6.27. The van der Waals surface area contributed by atoms with E-state index in [0.29, 0.717) is 30.4 Å². The topological polar surface area (TPSA) is 54.3 Å². The van der Waals surface area contributed by atoms with Crippen LogP contribution in [-0.2, 0) is 11.3 Å². The number of para-hydroxylation sites is 1. The maximum absolute atomic E-state index is 13.1. The van der Waals surface area contributed by atoms with Gasteiger partial charge in [-0.1, -0.05) is 25.1 Å². The van der Waals surface area contributed by atoms with Crippen molar-refractivity contribution >= 4 is 34.5 Å². The van der Waals surface area contributed by atoms with E-state index in [9.17, 15) is 14.0 Å². The van der Waals surface area contributed by atoms with Crippen LogP contribution in [0.4, 0.5) is 4.39 Å². The molecule has 1 unspecified atom stereocenters. The molecule has 2 heterocycles. The quantitative estimate of drug-likeness (QED) is 0.469. The van der Waals surface area contributed by atoms with Crippen molar-refractivity contribution in [3.63, 3.8) is 0 Å². The van der Waals surface area contributed by atoms with E-state index < -0.39 is 0 Å². The van der Waals surface area contributed by atoms with Crippen molar-refractivity contribution in [1.82, 2.24) is 14.8 Å². The predicted octanol–water partition coefficient (Wildman–Crippen LogP) is 5.09. The van der Waals surface area contributed by atoms with Crippen LogP contribution in [0.1, 0.15) is 43.0 Å². The Labute approximate surface area is 198 Å². The number of likely N-dealkylation sites (tertiary alicyclic amines) is 1. The molecule has 174 valence electrons. The van der Waals surface area contributed by atoms with Gasteiger partial charge in [0.2, 0.25) is 5.91 Å². The first-order valence-electron chi connectivity index (χ1n) is 11.6. The standard InChI is InChI=1S/C26H30FN3O2S/c1-2-21-7-5-6-15-30(21)25(31)18-33-24-17-29(23-9-4-3-8-22(23)24)16-14-28-26(32)19-10-12-20(27)13-11-19/h3-4,8-13,17,21H,2,5-7,14-16,18H2,1H3,(H,28,32). The Morgan fingerprint density at radius 1 is 1.12 bits per heavy atom. The molecule has 3 aromatic rings. The number of fused-ring (bicyclic) bond motifs is 1. The lowest BCUT2D eigenvalue weighted by Crippen LogP contribution is -2.44. The average Bonchev–Trinajstić information content (AvgIpc) is 3.20. The summed E-state index contributed by atoms with van der Waals surface area (Å²) < 4.78 is 15.2. The molecule has 0 saturated carbocycles. The molecule has 1 atom stereocenters. The molecular formula is C26H30FN3O2S. The molecule has 2 amide bonds. The van der Waals surface area contributed by atoms with Gasteiger partial charge in [-0.2, -0.15) is 0 Å². The van der Waals surface area contributed by atoms with Crippen LogP contribution in [0.2, 0.25) is 0 Å². The summed E-state index contributed by atoms with van der Waals surface area (Å²) in [5.74, 6) is 0.0687. The van der Waals surface area contributed by atoms with E-state index in [-0.39, 0.29) is 17.6 Å². The lowest BCUT2D eigenvalue weighted by atomic mass is 10.0. The van der Waals surface area contributed by atoms with Crippen LogP contribution in [0.15, 0.2) is 59.6 Å².